The number of fused-ring (bicyclic) bond motifs is 1. The van der Waals surface area contributed by atoms with Crippen LogP contribution in [0.3, 0.4) is 0 Å². The summed E-state index contributed by atoms with van der Waals surface area (Å²) in [4.78, 5) is 5.48. The number of aryl methyl sites for hydroxylation is 2. The lowest BCUT2D eigenvalue weighted by molar-refractivity contribution is 0.415. The third kappa shape index (κ3) is 1.67. The van der Waals surface area contributed by atoms with Gasteiger partial charge in [-0.1, -0.05) is 11.3 Å². The van der Waals surface area contributed by atoms with Crippen molar-refractivity contribution in [1.29, 1.82) is 0 Å². The van der Waals surface area contributed by atoms with E-state index in [-0.39, 0.29) is 0 Å². The Morgan fingerprint density at radius 1 is 1.17 bits per heavy atom. The first-order valence-corrected chi connectivity index (χ1v) is 6.48. The largest absolute Gasteiger partial charge is 0.497 e. The highest BCUT2D eigenvalue weighted by molar-refractivity contribution is 7.16. The van der Waals surface area contributed by atoms with E-state index in [1.54, 1.807) is 18.4 Å². The number of aromatic nitrogens is 3. The highest BCUT2D eigenvalue weighted by atomic mass is 32.1. The van der Waals surface area contributed by atoms with E-state index in [9.17, 15) is 0 Å². The summed E-state index contributed by atoms with van der Waals surface area (Å²) < 4.78 is 7.09. The van der Waals surface area contributed by atoms with Gasteiger partial charge in [0.1, 0.15) is 10.8 Å². The SMILES string of the molecule is COc1ccc(-c2c(C)nc3sc(C)nn23)cc1. The predicted molar refractivity (Wildman–Crippen MR) is 72.3 cm³/mol. The smallest absolute Gasteiger partial charge is 0.212 e. The Balaban J connectivity index is 2.19. The van der Waals surface area contributed by atoms with Crippen LogP contribution in [0.1, 0.15) is 10.7 Å². The summed E-state index contributed by atoms with van der Waals surface area (Å²) in [5.41, 5.74) is 3.15. The normalized spacial score (nSPS) is 11.1. The molecule has 0 spiro atoms. The molecule has 4 nitrogen and oxygen atoms in total. The van der Waals surface area contributed by atoms with E-state index >= 15 is 0 Å². The molecule has 0 bridgehead atoms. The Hall–Kier alpha value is -1.88. The summed E-state index contributed by atoms with van der Waals surface area (Å²) in [6, 6.07) is 7.97. The zero-order valence-corrected chi connectivity index (χ0v) is 11.3. The van der Waals surface area contributed by atoms with Gasteiger partial charge < -0.3 is 4.74 Å². The molecule has 0 N–H and O–H groups in total. The average molecular weight is 259 g/mol. The van der Waals surface area contributed by atoms with E-state index in [1.165, 1.54) is 0 Å². The van der Waals surface area contributed by atoms with Crippen molar-refractivity contribution in [3.05, 3.63) is 35.0 Å². The summed E-state index contributed by atoms with van der Waals surface area (Å²) in [6.07, 6.45) is 0. The second-order valence-electron chi connectivity index (χ2n) is 4.09. The first-order chi connectivity index (χ1) is 8.69. The lowest BCUT2D eigenvalue weighted by Gasteiger charge is -2.03. The van der Waals surface area contributed by atoms with Crippen LogP contribution in [0.5, 0.6) is 5.75 Å². The highest BCUT2D eigenvalue weighted by Gasteiger charge is 2.14. The molecule has 3 rings (SSSR count). The second kappa shape index (κ2) is 4.10. The Labute approximate surface area is 109 Å². The molecule has 0 fully saturated rings. The Morgan fingerprint density at radius 2 is 1.89 bits per heavy atom. The maximum absolute atomic E-state index is 5.17. The zero-order valence-electron chi connectivity index (χ0n) is 10.5. The van der Waals surface area contributed by atoms with E-state index in [4.69, 9.17) is 4.74 Å². The molecular weight excluding hydrogens is 246 g/mol. The Morgan fingerprint density at radius 3 is 2.56 bits per heavy atom. The maximum Gasteiger partial charge on any atom is 0.212 e. The number of nitrogens with zero attached hydrogens (tertiary/aromatic N) is 3. The molecule has 0 amide bonds. The molecule has 2 heterocycles. The third-order valence-electron chi connectivity index (χ3n) is 2.84. The van der Waals surface area contributed by atoms with Crippen LogP contribution in [0.4, 0.5) is 0 Å². The summed E-state index contributed by atoms with van der Waals surface area (Å²) in [5, 5.41) is 5.51. The summed E-state index contributed by atoms with van der Waals surface area (Å²) in [5.74, 6) is 0.853. The fraction of sp³-hybridized carbons (Fsp3) is 0.231. The third-order valence-corrected chi connectivity index (χ3v) is 3.67. The number of ether oxygens (including phenoxy) is 1. The van der Waals surface area contributed by atoms with Crippen LogP contribution in [0.25, 0.3) is 16.2 Å². The van der Waals surface area contributed by atoms with Gasteiger partial charge in [0.2, 0.25) is 4.96 Å². The van der Waals surface area contributed by atoms with Gasteiger partial charge in [0.15, 0.2) is 0 Å². The van der Waals surface area contributed by atoms with Crippen LogP contribution in [0.2, 0.25) is 0 Å². The van der Waals surface area contributed by atoms with Crippen molar-refractivity contribution < 1.29 is 4.74 Å². The van der Waals surface area contributed by atoms with E-state index in [2.05, 4.69) is 10.1 Å². The molecular formula is C13H13N3OS. The van der Waals surface area contributed by atoms with Gasteiger partial charge in [-0.2, -0.15) is 5.10 Å². The minimum Gasteiger partial charge on any atom is -0.497 e. The first kappa shape index (κ1) is 11.2. The molecule has 0 saturated heterocycles. The number of rotatable bonds is 2. The highest BCUT2D eigenvalue weighted by Crippen LogP contribution is 2.28. The molecule has 3 aromatic rings. The standard InChI is InChI=1S/C13H13N3OS/c1-8-12(10-4-6-11(17-3)7-5-10)16-13(14-8)18-9(2)15-16/h4-7H,1-3H3. The van der Waals surface area contributed by atoms with Crippen LogP contribution in [0.15, 0.2) is 24.3 Å². The Kier molecular flexibility index (Phi) is 2.56. The van der Waals surface area contributed by atoms with Gasteiger partial charge in [-0.05, 0) is 38.1 Å². The molecule has 0 aliphatic heterocycles. The van der Waals surface area contributed by atoms with Crippen molar-refractivity contribution in [2.24, 2.45) is 0 Å². The van der Waals surface area contributed by atoms with Crippen LogP contribution in [-0.2, 0) is 0 Å². The topological polar surface area (TPSA) is 39.4 Å². The van der Waals surface area contributed by atoms with E-state index in [0.29, 0.717) is 0 Å². The number of imidazole rings is 1. The van der Waals surface area contributed by atoms with Gasteiger partial charge in [0, 0.05) is 5.56 Å². The molecule has 18 heavy (non-hydrogen) atoms. The first-order valence-electron chi connectivity index (χ1n) is 5.66. The van der Waals surface area contributed by atoms with Crippen molar-refractivity contribution in [3.63, 3.8) is 0 Å². The number of hydrogen-bond acceptors (Lipinski definition) is 4. The van der Waals surface area contributed by atoms with Gasteiger partial charge in [-0.15, -0.1) is 0 Å². The van der Waals surface area contributed by atoms with E-state index in [0.717, 1.165) is 32.7 Å². The van der Waals surface area contributed by atoms with Gasteiger partial charge in [0.05, 0.1) is 18.5 Å². The van der Waals surface area contributed by atoms with Gasteiger partial charge in [-0.3, -0.25) is 0 Å². The summed E-state index contributed by atoms with van der Waals surface area (Å²) in [6.45, 7) is 4.00. The number of benzene rings is 1. The lowest BCUT2D eigenvalue weighted by atomic mass is 10.1. The number of hydrogen-bond donors (Lipinski definition) is 0. The molecule has 0 saturated carbocycles. The molecule has 0 aliphatic carbocycles. The zero-order chi connectivity index (χ0) is 12.7. The van der Waals surface area contributed by atoms with Gasteiger partial charge in [-0.25, -0.2) is 9.50 Å². The van der Waals surface area contributed by atoms with Crippen molar-refractivity contribution in [2.75, 3.05) is 7.11 Å². The Bertz CT molecular complexity index is 697. The quantitative estimate of drug-likeness (QED) is 0.710. The molecule has 0 unspecified atom stereocenters. The van der Waals surface area contributed by atoms with E-state index in [1.807, 2.05) is 42.6 Å². The molecule has 0 atom stereocenters. The minimum atomic E-state index is 0.853. The van der Waals surface area contributed by atoms with Crippen LogP contribution in [0, 0.1) is 13.8 Å². The fourth-order valence-electron chi connectivity index (χ4n) is 2.02. The minimum absolute atomic E-state index is 0.853. The molecule has 0 aliphatic rings. The van der Waals surface area contributed by atoms with Gasteiger partial charge in [0.25, 0.3) is 0 Å². The monoisotopic (exact) mass is 259 g/mol. The predicted octanol–water partition coefficient (Wildman–Crippen LogP) is 3.08. The van der Waals surface area contributed by atoms with Gasteiger partial charge >= 0.3 is 0 Å². The van der Waals surface area contributed by atoms with Crippen LogP contribution in [-0.4, -0.2) is 21.7 Å². The summed E-state index contributed by atoms with van der Waals surface area (Å²) in [7, 11) is 1.67. The summed E-state index contributed by atoms with van der Waals surface area (Å²) >= 11 is 1.61. The fourth-order valence-corrected chi connectivity index (χ4v) is 2.81. The van der Waals surface area contributed by atoms with Crippen molar-refractivity contribution >= 4 is 16.3 Å². The average Bonchev–Trinajstić information content (AvgIpc) is 2.84. The maximum atomic E-state index is 5.17. The lowest BCUT2D eigenvalue weighted by Crippen LogP contribution is -1.91. The van der Waals surface area contributed by atoms with E-state index < -0.39 is 0 Å². The molecule has 5 heteroatoms. The second-order valence-corrected chi connectivity index (χ2v) is 5.25. The van der Waals surface area contributed by atoms with Crippen molar-refractivity contribution in [2.45, 2.75) is 13.8 Å². The molecule has 2 aromatic heterocycles. The van der Waals surface area contributed by atoms with Crippen LogP contribution >= 0.6 is 11.3 Å². The molecule has 92 valence electrons. The van der Waals surface area contributed by atoms with Crippen molar-refractivity contribution in [1.82, 2.24) is 14.6 Å². The number of methoxy groups -OCH3 is 1. The molecule has 0 radical (unpaired) electrons. The van der Waals surface area contributed by atoms with Crippen molar-refractivity contribution in [3.8, 4) is 17.0 Å². The molecule has 1 aromatic carbocycles. The van der Waals surface area contributed by atoms with Crippen LogP contribution < -0.4 is 4.74 Å².